The van der Waals surface area contributed by atoms with Crippen molar-refractivity contribution in [2.45, 2.75) is 38.5 Å². The third kappa shape index (κ3) is 3.97. The van der Waals surface area contributed by atoms with E-state index in [1.54, 1.807) is 30.1 Å². The second-order valence-corrected chi connectivity index (χ2v) is 6.32. The summed E-state index contributed by atoms with van der Waals surface area (Å²) >= 11 is 0. The summed E-state index contributed by atoms with van der Waals surface area (Å²) in [5.74, 6) is 1.46. The second kappa shape index (κ2) is 7.40. The average molecular weight is 312 g/mol. The third-order valence-corrected chi connectivity index (χ3v) is 4.67. The van der Waals surface area contributed by atoms with Gasteiger partial charge in [0.25, 0.3) is 5.56 Å². The van der Waals surface area contributed by atoms with Gasteiger partial charge >= 0.3 is 0 Å². The van der Waals surface area contributed by atoms with E-state index in [1.165, 1.54) is 32.1 Å². The van der Waals surface area contributed by atoms with Crippen LogP contribution in [0.1, 0.15) is 38.5 Å². The molecule has 1 aliphatic rings. The molecule has 1 fully saturated rings. The molecule has 0 spiro atoms. The lowest BCUT2D eigenvalue weighted by Crippen LogP contribution is -2.23. The van der Waals surface area contributed by atoms with Crippen LogP contribution in [0.15, 0.2) is 35.4 Å². The SMILES string of the molecule is Cn1c(NCCC2CCCCC2)nc(-c2ccncc2)cc1=O. The molecule has 0 atom stereocenters. The zero-order valence-electron chi connectivity index (χ0n) is 13.7. The van der Waals surface area contributed by atoms with Gasteiger partial charge in [0, 0.05) is 37.6 Å². The number of anilines is 1. The summed E-state index contributed by atoms with van der Waals surface area (Å²) in [5.41, 5.74) is 1.55. The van der Waals surface area contributed by atoms with Gasteiger partial charge in [0.2, 0.25) is 5.95 Å². The molecular weight excluding hydrogens is 288 g/mol. The zero-order valence-corrected chi connectivity index (χ0v) is 13.7. The fourth-order valence-corrected chi connectivity index (χ4v) is 3.23. The number of nitrogens with one attached hydrogen (secondary N) is 1. The highest BCUT2D eigenvalue weighted by Gasteiger charge is 2.13. The van der Waals surface area contributed by atoms with Gasteiger partial charge < -0.3 is 5.32 Å². The van der Waals surface area contributed by atoms with Crippen molar-refractivity contribution in [3.8, 4) is 11.3 Å². The number of hydrogen-bond donors (Lipinski definition) is 1. The van der Waals surface area contributed by atoms with Crippen molar-refractivity contribution >= 4 is 5.95 Å². The zero-order chi connectivity index (χ0) is 16.1. The van der Waals surface area contributed by atoms with E-state index >= 15 is 0 Å². The lowest BCUT2D eigenvalue weighted by Gasteiger charge is -2.21. The van der Waals surface area contributed by atoms with E-state index < -0.39 is 0 Å². The smallest absolute Gasteiger partial charge is 0.255 e. The molecule has 1 saturated carbocycles. The summed E-state index contributed by atoms with van der Waals surface area (Å²) in [6.07, 6.45) is 11.4. The highest BCUT2D eigenvalue weighted by Crippen LogP contribution is 2.26. The first-order valence-corrected chi connectivity index (χ1v) is 8.46. The first-order valence-electron chi connectivity index (χ1n) is 8.46. The van der Waals surface area contributed by atoms with Crippen LogP contribution in [0, 0.1) is 5.92 Å². The maximum atomic E-state index is 12.2. The highest BCUT2D eigenvalue weighted by molar-refractivity contribution is 5.59. The first-order chi connectivity index (χ1) is 11.2. The number of nitrogens with zero attached hydrogens (tertiary/aromatic N) is 3. The summed E-state index contributed by atoms with van der Waals surface area (Å²) in [6, 6.07) is 5.31. The number of pyridine rings is 1. The van der Waals surface area contributed by atoms with Crippen LogP contribution in [0.3, 0.4) is 0 Å². The first kappa shape index (κ1) is 15.7. The fraction of sp³-hybridized carbons (Fsp3) is 0.500. The van der Waals surface area contributed by atoms with Crippen LogP contribution < -0.4 is 10.9 Å². The Morgan fingerprint density at radius 1 is 1.22 bits per heavy atom. The van der Waals surface area contributed by atoms with Crippen molar-refractivity contribution in [2.75, 3.05) is 11.9 Å². The molecule has 0 amide bonds. The molecule has 5 heteroatoms. The molecule has 23 heavy (non-hydrogen) atoms. The molecule has 0 aliphatic heterocycles. The molecule has 5 nitrogen and oxygen atoms in total. The van der Waals surface area contributed by atoms with Crippen molar-refractivity contribution in [3.63, 3.8) is 0 Å². The van der Waals surface area contributed by atoms with Crippen molar-refractivity contribution in [2.24, 2.45) is 13.0 Å². The number of aromatic nitrogens is 3. The van der Waals surface area contributed by atoms with Crippen molar-refractivity contribution in [1.82, 2.24) is 14.5 Å². The molecular formula is C18H24N4O. The Morgan fingerprint density at radius 2 is 1.96 bits per heavy atom. The van der Waals surface area contributed by atoms with Gasteiger partial charge in [0.05, 0.1) is 5.69 Å². The number of rotatable bonds is 5. The van der Waals surface area contributed by atoms with Crippen molar-refractivity contribution in [1.29, 1.82) is 0 Å². The Morgan fingerprint density at radius 3 is 2.70 bits per heavy atom. The Hall–Kier alpha value is -2.17. The predicted molar refractivity (Wildman–Crippen MR) is 92.4 cm³/mol. The maximum Gasteiger partial charge on any atom is 0.255 e. The molecule has 2 aromatic rings. The second-order valence-electron chi connectivity index (χ2n) is 6.32. The van der Waals surface area contributed by atoms with E-state index in [0.717, 1.165) is 24.4 Å². The molecule has 122 valence electrons. The van der Waals surface area contributed by atoms with E-state index in [4.69, 9.17) is 0 Å². The third-order valence-electron chi connectivity index (χ3n) is 4.67. The van der Waals surface area contributed by atoms with Crippen LogP contribution in [0.5, 0.6) is 0 Å². The van der Waals surface area contributed by atoms with Crippen LogP contribution in [0.2, 0.25) is 0 Å². The minimum absolute atomic E-state index is 0.0491. The molecule has 3 rings (SSSR count). The van der Waals surface area contributed by atoms with Crippen molar-refractivity contribution in [3.05, 3.63) is 40.9 Å². The molecule has 0 aromatic carbocycles. The minimum Gasteiger partial charge on any atom is -0.356 e. The molecule has 0 bridgehead atoms. The van der Waals surface area contributed by atoms with Crippen LogP contribution in [0.25, 0.3) is 11.3 Å². The van der Waals surface area contributed by atoms with E-state index in [-0.39, 0.29) is 5.56 Å². The van der Waals surface area contributed by atoms with Crippen LogP contribution in [-0.4, -0.2) is 21.1 Å². The Kier molecular flexibility index (Phi) is 5.05. The summed E-state index contributed by atoms with van der Waals surface area (Å²) < 4.78 is 1.57. The van der Waals surface area contributed by atoms with Gasteiger partial charge in [-0.05, 0) is 24.5 Å². The summed E-state index contributed by atoms with van der Waals surface area (Å²) in [5, 5.41) is 3.35. The molecule has 2 aromatic heterocycles. The normalized spacial score (nSPS) is 15.5. The molecule has 1 N–H and O–H groups in total. The van der Waals surface area contributed by atoms with E-state index in [2.05, 4.69) is 15.3 Å². The Bertz CT molecular complexity index is 690. The predicted octanol–water partition coefficient (Wildman–Crippen LogP) is 3.22. The molecule has 2 heterocycles. The lowest BCUT2D eigenvalue weighted by molar-refractivity contribution is 0.345. The molecule has 1 aliphatic carbocycles. The molecule has 0 unspecified atom stereocenters. The minimum atomic E-state index is -0.0491. The maximum absolute atomic E-state index is 12.2. The van der Waals surface area contributed by atoms with E-state index in [9.17, 15) is 4.79 Å². The average Bonchev–Trinajstić information content (AvgIpc) is 2.60. The van der Waals surface area contributed by atoms with E-state index in [0.29, 0.717) is 11.6 Å². The molecule has 0 radical (unpaired) electrons. The lowest BCUT2D eigenvalue weighted by atomic mass is 9.87. The fourth-order valence-electron chi connectivity index (χ4n) is 3.23. The van der Waals surface area contributed by atoms with Gasteiger partial charge in [-0.3, -0.25) is 14.3 Å². The largest absolute Gasteiger partial charge is 0.356 e. The van der Waals surface area contributed by atoms with Gasteiger partial charge in [-0.25, -0.2) is 4.98 Å². The summed E-state index contributed by atoms with van der Waals surface area (Å²) in [4.78, 5) is 20.8. The van der Waals surface area contributed by atoms with Gasteiger partial charge in [0.1, 0.15) is 0 Å². The van der Waals surface area contributed by atoms with Gasteiger partial charge in [-0.1, -0.05) is 32.1 Å². The quantitative estimate of drug-likeness (QED) is 0.921. The van der Waals surface area contributed by atoms with Crippen molar-refractivity contribution < 1.29 is 0 Å². The molecule has 0 saturated heterocycles. The van der Waals surface area contributed by atoms with Crippen LogP contribution in [0.4, 0.5) is 5.95 Å². The summed E-state index contributed by atoms with van der Waals surface area (Å²) in [6.45, 7) is 0.866. The van der Waals surface area contributed by atoms with E-state index in [1.807, 2.05) is 12.1 Å². The Balaban J connectivity index is 1.71. The number of hydrogen-bond acceptors (Lipinski definition) is 4. The summed E-state index contributed by atoms with van der Waals surface area (Å²) in [7, 11) is 1.76. The van der Waals surface area contributed by atoms with Crippen LogP contribution >= 0.6 is 0 Å². The topological polar surface area (TPSA) is 59.8 Å². The van der Waals surface area contributed by atoms with Gasteiger partial charge in [-0.15, -0.1) is 0 Å². The van der Waals surface area contributed by atoms with Gasteiger partial charge in [0.15, 0.2) is 0 Å². The Labute approximate surface area is 136 Å². The highest BCUT2D eigenvalue weighted by atomic mass is 16.1. The van der Waals surface area contributed by atoms with Crippen LogP contribution in [-0.2, 0) is 7.05 Å². The van der Waals surface area contributed by atoms with Gasteiger partial charge in [-0.2, -0.15) is 0 Å². The monoisotopic (exact) mass is 312 g/mol. The standard InChI is InChI=1S/C18H24N4O/c1-22-17(23)13-16(15-8-10-19-11-9-15)21-18(22)20-12-7-14-5-3-2-4-6-14/h8-11,13-14H,2-7,12H2,1H3,(H,20,21).